The lowest BCUT2D eigenvalue weighted by Gasteiger charge is -2.07. The normalized spacial score (nSPS) is 10.2. The first-order valence-corrected chi connectivity index (χ1v) is 8.06. The van der Waals surface area contributed by atoms with E-state index >= 15 is 0 Å². The Morgan fingerprint density at radius 3 is 2.04 bits per heavy atom. The molecular weight excluding hydrogens is 314 g/mol. The van der Waals surface area contributed by atoms with Gasteiger partial charge < -0.3 is 5.11 Å². The fraction of sp³-hybridized carbons (Fsp3) is 0.0625. The van der Waals surface area contributed by atoms with E-state index in [-0.39, 0.29) is 6.61 Å². The highest BCUT2D eigenvalue weighted by atomic mass is 32.2. The summed E-state index contributed by atoms with van der Waals surface area (Å²) in [6, 6.07) is 21.9. The van der Waals surface area contributed by atoms with E-state index in [1.807, 2.05) is 71.4 Å². The van der Waals surface area contributed by atoms with Gasteiger partial charge in [0.2, 0.25) is 0 Å². The summed E-state index contributed by atoms with van der Waals surface area (Å²) in [5, 5.41) is 17.8. The van der Waals surface area contributed by atoms with Gasteiger partial charge in [0.25, 0.3) is 0 Å². The summed E-state index contributed by atoms with van der Waals surface area (Å²) in [7, 11) is -2.62. The number of nitrogens with zero attached hydrogens (tertiary/aromatic N) is 2. The number of hydrogen-bond donors (Lipinski definition) is 3. The molecule has 0 saturated heterocycles. The van der Waals surface area contributed by atoms with Crippen LogP contribution in [0.2, 0.25) is 0 Å². The van der Waals surface area contributed by atoms with Gasteiger partial charge in [-0.2, -0.15) is 5.10 Å². The van der Waals surface area contributed by atoms with Crippen LogP contribution < -0.4 is 5.14 Å². The van der Waals surface area contributed by atoms with E-state index < -0.39 is 10.9 Å². The zero-order valence-electron chi connectivity index (χ0n) is 12.2. The zero-order chi connectivity index (χ0) is 16.7. The van der Waals surface area contributed by atoms with Crippen LogP contribution >= 0.6 is 0 Å². The molecule has 0 aliphatic heterocycles. The second-order valence-corrected chi connectivity index (χ2v) is 5.15. The summed E-state index contributed by atoms with van der Waals surface area (Å²) in [5.41, 5.74) is 3.72. The monoisotopic (exact) mass is 331 g/mol. The molecule has 6 nitrogen and oxygen atoms in total. The molecule has 3 aromatic rings. The van der Waals surface area contributed by atoms with E-state index in [0.717, 1.165) is 16.9 Å². The van der Waals surface area contributed by atoms with Gasteiger partial charge in [0.15, 0.2) is 10.9 Å². The maximum atomic E-state index is 9.29. The van der Waals surface area contributed by atoms with Crippen molar-refractivity contribution in [3.63, 3.8) is 0 Å². The number of hydrogen-bond acceptors (Lipinski definition) is 4. The molecule has 3 N–H and O–H groups in total. The van der Waals surface area contributed by atoms with Crippen LogP contribution in [-0.2, 0) is 17.5 Å². The van der Waals surface area contributed by atoms with Gasteiger partial charge in [0.1, 0.15) is 0 Å². The van der Waals surface area contributed by atoms with Crippen molar-refractivity contribution >= 4 is 10.9 Å². The largest absolute Gasteiger partial charge is 0.390 e. The molecule has 120 valence electrons. The minimum atomic E-state index is -2.62. The Labute approximate surface area is 135 Å². The quantitative estimate of drug-likeness (QED) is 0.634. The van der Waals surface area contributed by atoms with Gasteiger partial charge in [-0.1, -0.05) is 48.5 Å². The molecule has 0 saturated carbocycles. The van der Waals surface area contributed by atoms with Crippen molar-refractivity contribution in [1.82, 2.24) is 9.78 Å². The number of thiol groups is 1. The van der Waals surface area contributed by atoms with Crippen LogP contribution in [0.5, 0.6) is 0 Å². The molecule has 0 unspecified atom stereocenters. The minimum Gasteiger partial charge on any atom is -0.390 e. The molecule has 23 heavy (non-hydrogen) atoms. The molecule has 0 bridgehead atoms. The molecule has 2 aromatic carbocycles. The third kappa shape index (κ3) is 4.75. The first-order chi connectivity index (χ1) is 11.1. The Kier molecular flexibility index (Phi) is 6.04. The molecule has 1 aromatic heterocycles. The molecule has 0 fully saturated rings. The number of aliphatic hydroxyl groups excluding tert-OH is 1. The molecule has 0 radical (unpaired) electrons. The van der Waals surface area contributed by atoms with Crippen molar-refractivity contribution in [3.8, 4) is 16.9 Å². The Balaban J connectivity index is 0.000000433. The maximum Gasteiger partial charge on any atom is 0.198 e. The number of aliphatic hydroxyl groups is 1. The summed E-state index contributed by atoms with van der Waals surface area (Å²) in [5.74, 6) is 0. The fourth-order valence-electron chi connectivity index (χ4n) is 2.09. The molecule has 1 heterocycles. The first kappa shape index (κ1) is 16.9. The van der Waals surface area contributed by atoms with Crippen LogP contribution in [-0.4, -0.2) is 23.3 Å². The van der Waals surface area contributed by atoms with E-state index in [1.165, 1.54) is 0 Å². The summed E-state index contributed by atoms with van der Waals surface area (Å²) in [4.78, 5) is 0. The van der Waals surface area contributed by atoms with Crippen molar-refractivity contribution < 1.29 is 13.5 Å². The van der Waals surface area contributed by atoms with E-state index in [2.05, 4.69) is 10.2 Å². The van der Waals surface area contributed by atoms with Crippen molar-refractivity contribution in [2.24, 2.45) is 5.14 Å². The zero-order valence-corrected chi connectivity index (χ0v) is 13.1. The van der Waals surface area contributed by atoms with Gasteiger partial charge in [-0.25, -0.2) is 18.2 Å². The van der Waals surface area contributed by atoms with Crippen LogP contribution in [0.1, 0.15) is 5.69 Å². The number of nitrogens with two attached hydrogens (primary N) is 1. The van der Waals surface area contributed by atoms with Gasteiger partial charge in [-0.15, -0.1) is 0 Å². The van der Waals surface area contributed by atoms with Gasteiger partial charge in [-0.3, -0.25) is 0 Å². The Hall–Kier alpha value is -2.48. The van der Waals surface area contributed by atoms with E-state index in [4.69, 9.17) is 8.42 Å². The second kappa shape index (κ2) is 8.23. The molecule has 0 spiro atoms. The third-order valence-electron chi connectivity index (χ3n) is 2.99. The molecule has 7 heteroatoms. The molecule has 3 rings (SSSR count). The van der Waals surface area contributed by atoms with Crippen molar-refractivity contribution in [3.05, 3.63) is 72.4 Å². The average molecular weight is 331 g/mol. The first-order valence-electron chi connectivity index (χ1n) is 6.81. The Bertz CT molecular complexity index is 750. The van der Waals surface area contributed by atoms with Gasteiger partial charge >= 0.3 is 0 Å². The van der Waals surface area contributed by atoms with E-state index in [0.29, 0.717) is 5.69 Å². The standard InChI is InChI=1S/C16H14N2O.H3NO2S/c19-12-14-11-16(13-7-3-1-4-8-13)18(17-14)15-9-5-2-6-10-15;1-4(2)3/h1-11,19H,12H2;4H,(H2,1,2,3). The van der Waals surface area contributed by atoms with Crippen molar-refractivity contribution in [2.45, 2.75) is 6.61 Å². The predicted octanol–water partition coefficient (Wildman–Crippen LogP) is 1.50. The average Bonchev–Trinajstić information content (AvgIpc) is 3.00. The van der Waals surface area contributed by atoms with Crippen molar-refractivity contribution in [1.29, 1.82) is 0 Å². The van der Waals surface area contributed by atoms with Gasteiger partial charge in [0, 0.05) is 5.56 Å². The topological polar surface area (TPSA) is 98.2 Å². The highest BCUT2D eigenvalue weighted by Gasteiger charge is 2.10. The summed E-state index contributed by atoms with van der Waals surface area (Å²) < 4.78 is 19.5. The second-order valence-electron chi connectivity index (χ2n) is 4.58. The summed E-state index contributed by atoms with van der Waals surface area (Å²) in [6.07, 6.45) is 0. The lowest BCUT2D eigenvalue weighted by Crippen LogP contribution is -1.99. The van der Waals surface area contributed by atoms with Crippen LogP contribution in [0.25, 0.3) is 16.9 Å². The molecular formula is C16H17N3O3S. The summed E-state index contributed by atoms with van der Waals surface area (Å²) >= 11 is 0. The smallest absolute Gasteiger partial charge is 0.198 e. The number of benzene rings is 2. The lowest BCUT2D eigenvalue weighted by molar-refractivity contribution is 0.276. The van der Waals surface area contributed by atoms with Crippen LogP contribution in [0.4, 0.5) is 0 Å². The highest BCUT2D eigenvalue weighted by molar-refractivity contribution is 7.69. The third-order valence-corrected chi connectivity index (χ3v) is 2.99. The van der Waals surface area contributed by atoms with E-state index in [1.54, 1.807) is 0 Å². The molecule has 0 amide bonds. The molecule has 0 aliphatic rings. The number of rotatable bonds is 3. The van der Waals surface area contributed by atoms with Crippen LogP contribution in [0.3, 0.4) is 0 Å². The lowest BCUT2D eigenvalue weighted by atomic mass is 10.1. The van der Waals surface area contributed by atoms with Crippen molar-refractivity contribution in [2.75, 3.05) is 0 Å². The van der Waals surface area contributed by atoms with Gasteiger partial charge in [0.05, 0.1) is 23.7 Å². The van der Waals surface area contributed by atoms with E-state index in [9.17, 15) is 5.11 Å². The van der Waals surface area contributed by atoms with Crippen LogP contribution in [0, 0.1) is 0 Å². The SMILES string of the molecule is N[SH](=O)=O.OCc1cc(-c2ccccc2)n(-c2ccccc2)n1. The predicted molar refractivity (Wildman–Crippen MR) is 89.4 cm³/mol. The highest BCUT2D eigenvalue weighted by Crippen LogP contribution is 2.23. The molecule has 0 atom stereocenters. The molecule has 0 aliphatic carbocycles. The Morgan fingerprint density at radius 2 is 1.52 bits per heavy atom. The minimum absolute atomic E-state index is 0.0559. The van der Waals surface area contributed by atoms with Gasteiger partial charge in [-0.05, 0) is 18.2 Å². The summed E-state index contributed by atoms with van der Waals surface area (Å²) in [6.45, 7) is -0.0559. The maximum absolute atomic E-state index is 9.29. The number of para-hydroxylation sites is 1. The fourth-order valence-corrected chi connectivity index (χ4v) is 2.09. The number of aromatic nitrogens is 2. The van der Waals surface area contributed by atoms with Crippen LogP contribution in [0.15, 0.2) is 66.7 Å². The Morgan fingerprint density at radius 1 is 1.00 bits per heavy atom.